The predicted molar refractivity (Wildman–Crippen MR) is 126 cm³/mol. The van der Waals surface area contributed by atoms with Gasteiger partial charge in [-0.25, -0.2) is 4.39 Å². The summed E-state index contributed by atoms with van der Waals surface area (Å²) in [7, 11) is 1.95. The Morgan fingerprint density at radius 1 is 1.03 bits per heavy atom. The maximum atomic E-state index is 14.7. The summed E-state index contributed by atoms with van der Waals surface area (Å²) in [4.78, 5) is 28.0. The van der Waals surface area contributed by atoms with E-state index in [1.54, 1.807) is 30.3 Å². The van der Waals surface area contributed by atoms with Crippen molar-refractivity contribution in [1.29, 1.82) is 0 Å². The summed E-state index contributed by atoms with van der Waals surface area (Å²) in [5.74, 6) is -1.16. The molecule has 0 spiro atoms. The van der Waals surface area contributed by atoms with Gasteiger partial charge < -0.3 is 4.90 Å². The average Bonchev–Trinajstić information content (AvgIpc) is 2.68. The Bertz CT molecular complexity index is 916. The molecule has 0 fully saturated rings. The highest BCUT2D eigenvalue weighted by Gasteiger charge is 2.17. The number of halogens is 3. The molecule has 0 N–H and O–H groups in total. The van der Waals surface area contributed by atoms with Gasteiger partial charge in [0.2, 0.25) is 5.91 Å². The summed E-state index contributed by atoms with van der Waals surface area (Å²) in [6.07, 6.45) is 5.55. The van der Waals surface area contributed by atoms with Crippen LogP contribution in [0.25, 0.3) is 0 Å². The zero-order valence-electron chi connectivity index (χ0n) is 17.0. The number of carbonyl (C=O) groups excluding carboxylic acids is 2. The van der Waals surface area contributed by atoms with Crippen molar-refractivity contribution in [2.45, 2.75) is 6.92 Å². The Morgan fingerprint density at radius 2 is 1.63 bits per heavy atom. The molecule has 2 rings (SSSR count). The maximum Gasteiger partial charge on any atom is 0.224 e. The van der Waals surface area contributed by atoms with Crippen LogP contribution in [-0.2, 0) is 4.79 Å². The first-order chi connectivity index (χ1) is 13.8. The second-order valence-corrected chi connectivity index (χ2v) is 7.53. The first-order valence-electron chi connectivity index (χ1n) is 9.16. The van der Waals surface area contributed by atoms with Gasteiger partial charge in [0.05, 0.1) is 5.69 Å². The summed E-state index contributed by atoms with van der Waals surface area (Å²) >= 11 is 3.32. The summed E-state index contributed by atoms with van der Waals surface area (Å²) < 4.78 is 15.6. The number of likely N-dealkylation sites (N-methyl/N-ethyl adjacent to an activating group) is 1. The van der Waals surface area contributed by atoms with E-state index in [1.165, 1.54) is 24.0 Å². The molecule has 0 saturated carbocycles. The van der Waals surface area contributed by atoms with Crippen LogP contribution in [0.3, 0.4) is 0 Å². The minimum absolute atomic E-state index is 0. The van der Waals surface area contributed by atoms with Crippen LogP contribution in [0.2, 0.25) is 0 Å². The molecular formula is C23H25BrClFN2O2. The molecule has 30 heavy (non-hydrogen) atoms. The molecule has 1 amide bonds. The van der Waals surface area contributed by atoms with Crippen LogP contribution in [0.5, 0.6) is 0 Å². The molecule has 0 bridgehead atoms. The summed E-state index contributed by atoms with van der Waals surface area (Å²) in [5.41, 5.74) is 0.850. The lowest BCUT2D eigenvalue weighted by Crippen LogP contribution is -2.29. The number of carbonyl (C=O) groups is 2. The number of rotatable bonds is 9. The van der Waals surface area contributed by atoms with E-state index in [0.29, 0.717) is 12.1 Å². The van der Waals surface area contributed by atoms with E-state index in [9.17, 15) is 14.0 Å². The molecular weight excluding hydrogens is 471 g/mol. The van der Waals surface area contributed by atoms with E-state index in [2.05, 4.69) is 22.5 Å². The van der Waals surface area contributed by atoms with E-state index in [1.807, 2.05) is 30.2 Å². The molecule has 2 aromatic carbocycles. The zero-order chi connectivity index (χ0) is 21.4. The van der Waals surface area contributed by atoms with Crippen molar-refractivity contribution >= 4 is 45.7 Å². The molecule has 0 aliphatic carbocycles. The van der Waals surface area contributed by atoms with Gasteiger partial charge in [0.1, 0.15) is 5.82 Å². The Balaban J connectivity index is 0.00000450. The Kier molecular flexibility index (Phi) is 10.7. The number of hydrogen-bond donors (Lipinski definition) is 0. The smallest absolute Gasteiger partial charge is 0.224 e. The predicted octanol–water partition coefficient (Wildman–Crippen LogP) is 5.27. The fourth-order valence-electron chi connectivity index (χ4n) is 2.76. The Morgan fingerprint density at radius 3 is 2.20 bits per heavy atom. The lowest BCUT2D eigenvalue weighted by Gasteiger charge is -2.20. The number of hydrogen-bond acceptors (Lipinski definition) is 3. The van der Waals surface area contributed by atoms with Gasteiger partial charge in [-0.05, 0) is 49.5 Å². The number of anilines is 1. The van der Waals surface area contributed by atoms with Gasteiger partial charge in [-0.2, -0.15) is 0 Å². The molecule has 0 heterocycles. The van der Waals surface area contributed by atoms with E-state index in [-0.39, 0.29) is 41.9 Å². The molecule has 4 nitrogen and oxygen atoms in total. The SMILES string of the molecule is C=CCN(C)C/C=C/CN(C(C)=O)c1ccc(C(=O)c2ccc(Br)cc2)cc1F.Cl. The Hall–Kier alpha value is -2.28. The number of benzene rings is 2. The van der Waals surface area contributed by atoms with Crippen LogP contribution in [-0.4, -0.2) is 43.3 Å². The fraction of sp³-hybridized carbons (Fsp3) is 0.217. The van der Waals surface area contributed by atoms with Crippen molar-refractivity contribution in [3.63, 3.8) is 0 Å². The third-order valence-corrected chi connectivity index (χ3v) is 4.83. The minimum Gasteiger partial charge on any atom is -0.306 e. The quantitative estimate of drug-likeness (QED) is 0.352. The topological polar surface area (TPSA) is 40.6 Å². The van der Waals surface area contributed by atoms with E-state index < -0.39 is 5.82 Å². The van der Waals surface area contributed by atoms with Crippen molar-refractivity contribution < 1.29 is 14.0 Å². The maximum absolute atomic E-state index is 14.7. The summed E-state index contributed by atoms with van der Waals surface area (Å²) in [6, 6.07) is 11.1. The van der Waals surface area contributed by atoms with E-state index in [0.717, 1.165) is 11.0 Å². The second-order valence-electron chi connectivity index (χ2n) is 6.61. The standard InChI is InChI=1S/C23H24BrFN2O2.ClH/c1-4-13-26(3)14-5-6-15-27(17(2)28)22-12-9-19(16-21(22)25)23(29)18-7-10-20(24)11-8-18;/h4-12,16H,1,13-15H2,2-3H3;1H/b6-5+;. The van der Waals surface area contributed by atoms with Crippen LogP contribution < -0.4 is 4.90 Å². The van der Waals surface area contributed by atoms with E-state index in [4.69, 9.17) is 0 Å². The number of nitrogens with zero attached hydrogens (tertiary/aromatic N) is 2. The fourth-order valence-corrected chi connectivity index (χ4v) is 3.03. The van der Waals surface area contributed by atoms with Crippen molar-refractivity contribution in [1.82, 2.24) is 4.90 Å². The molecule has 0 radical (unpaired) electrons. The highest BCUT2D eigenvalue weighted by atomic mass is 79.9. The van der Waals surface area contributed by atoms with Crippen LogP contribution >= 0.6 is 28.3 Å². The lowest BCUT2D eigenvalue weighted by atomic mass is 10.0. The normalized spacial score (nSPS) is 10.7. The second kappa shape index (κ2) is 12.4. The van der Waals surface area contributed by atoms with Gasteiger partial charge in [-0.15, -0.1) is 19.0 Å². The van der Waals surface area contributed by atoms with Gasteiger partial charge in [-0.3, -0.25) is 14.5 Å². The van der Waals surface area contributed by atoms with Crippen molar-refractivity contribution in [2.75, 3.05) is 31.6 Å². The Labute approximate surface area is 191 Å². The van der Waals surface area contributed by atoms with Gasteiger partial charge in [0.15, 0.2) is 5.78 Å². The molecule has 0 aliphatic heterocycles. The van der Waals surface area contributed by atoms with Gasteiger partial charge in [0, 0.05) is 42.2 Å². The van der Waals surface area contributed by atoms with Crippen LogP contribution in [0, 0.1) is 5.82 Å². The zero-order valence-corrected chi connectivity index (χ0v) is 19.4. The molecule has 0 aliphatic rings. The first-order valence-corrected chi connectivity index (χ1v) is 9.95. The summed E-state index contributed by atoms with van der Waals surface area (Å²) in [5, 5.41) is 0. The van der Waals surface area contributed by atoms with Gasteiger partial charge in [-0.1, -0.05) is 34.2 Å². The molecule has 0 atom stereocenters. The third kappa shape index (κ3) is 7.20. The van der Waals surface area contributed by atoms with Gasteiger partial charge >= 0.3 is 0 Å². The molecule has 0 aromatic heterocycles. The lowest BCUT2D eigenvalue weighted by molar-refractivity contribution is -0.116. The number of amides is 1. The molecule has 0 unspecified atom stereocenters. The number of ketones is 1. The van der Waals surface area contributed by atoms with Gasteiger partial charge in [0.25, 0.3) is 0 Å². The molecule has 7 heteroatoms. The van der Waals surface area contributed by atoms with Crippen molar-refractivity contribution in [2.24, 2.45) is 0 Å². The monoisotopic (exact) mass is 494 g/mol. The highest BCUT2D eigenvalue weighted by Crippen LogP contribution is 2.23. The van der Waals surface area contributed by atoms with Crippen LogP contribution in [0.1, 0.15) is 22.8 Å². The van der Waals surface area contributed by atoms with Crippen LogP contribution in [0.4, 0.5) is 10.1 Å². The van der Waals surface area contributed by atoms with Crippen molar-refractivity contribution in [3.8, 4) is 0 Å². The largest absolute Gasteiger partial charge is 0.306 e. The molecule has 160 valence electrons. The van der Waals surface area contributed by atoms with Crippen LogP contribution in [0.15, 0.2) is 71.7 Å². The molecule has 0 saturated heterocycles. The van der Waals surface area contributed by atoms with Crippen molar-refractivity contribution in [3.05, 3.63) is 88.7 Å². The highest BCUT2D eigenvalue weighted by molar-refractivity contribution is 9.10. The third-order valence-electron chi connectivity index (χ3n) is 4.30. The first kappa shape index (κ1) is 25.8. The molecule has 2 aromatic rings. The summed E-state index contributed by atoms with van der Waals surface area (Å²) in [6.45, 7) is 6.77. The average molecular weight is 496 g/mol. The van der Waals surface area contributed by atoms with E-state index >= 15 is 0 Å². The minimum atomic E-state index is -0.611.